The first-order chi connectivity index (χ1) is 9.36. The Morgan fingerprint density at radius 1 is 1.20 bits per heavy atom. The van der Waals surface area contributed by atoms with Gasteiger partial charge in [0, 0.05) is 24.4 Å². The molecule has 1 atom stereocenters. The zero-order valence-corrected chi connectivity index (χ0v) is 14.1. The molecular formula is C14H24N2O2S2. The number of nitrogens with one attached hydrogen (secondary N) is 2. The van der Waals surface area contributed by atoms with E-state index in [4.69, 9.17) is 0 Å². The quantitative estimate of drug-likeness (QED) is 0.772. The average molecular weight is 316 g/mol. The molecule has 0 bridgehead atoms. The molecule has 0 radical (unpaired) electrons. The Labute approximate surface area is 126 Å². The van der Waals surface area contributed by atoms with Gasteiger partial charge in [0.25, 0.3) is 0 Å². The number of hydrogen-bond acceptors (Lipinski definition) is 4. The van der Waals surface area contributed by atoms with Gasteiger partial charge in [-0.15, -0.1) is 0 Å². The van der Waals surface area contributed by atoms with Crippen molar-refractivity contribution >= 4 is 21.8 Å². The molecule has 1 rings (SSSR count). The van der Waals surface area contributed by atoms with E-state index in [0.717, 1.165) is 11.3 Å². The fraction of sp³-hybridized carbons (Fsp3) is 0.571. The molecule has 0 aliphatic carbocycles. The van der Waals surface area contributed by atoms with Crippen LogP contribution in [0.25, 0.3) is 0 Å². The molecule has 2 N–H and O–H groups in total. The molecule has 6 heteroatoms. The molecule has 4 nitrogen and oxygen atoms in total. The van der Waals surface area contributed by atoms with Crippen LogP contribution in [0.1, 0.15) is 26.3 Å². The predicted octanol–water partition coefficient (Wildman–Crippen LogP) is 2.21. The fourth-order valence-corrected chi connectivity index (χ4v) is 4.01. The van der Waals surface area contributed by atoms with Crippen LogP contribution in [0.5, 0.6) is 0 Å². The Balaban J connectivity index is 2.93. The fourth-order valence-electron chi connectivity index (χ4n) is 1.84. The van der Waals surface area contributed by atoms with Gasteiger partial charge in [-0.25, -0.2) is 13.1 Å². The molecule has 0 aliphatic heterocycles. The zero-order valence-electron chi connectivity index (χ0n) is 12.5. The van der Waals surface area contributed by atoms with Crippen molar-refractivity contribution in [3.8, 4) is 0 Å². The second-order valence-electron chi connectivity index (χ2n) is 5.12. The van der Waals surface area contributed by atoms with Crippen LogP contribution in [0.15, 0.2) is 29.2 Å². The van der Waals surface area contributed by atoms with Crippen molar-refractivity contribution in [2.75, 3.05) is 12.0 Å². The molecule has 0 saturated carbocycles. The minimum Gasteiger partial charge on any atom is -0.310 e. The summed E-state index contributed by atoms with van der Waals surface area (Å²) < 4.78 is 27.6. The van der Waals surface area contributed by atoms with Gasteiger partial charge in [-0.2, -0.15) is 11.8 Å². The van der Waals surface area contributed by atoms with E-state index in [0.29, 0.717) is 17.5 Å². The highest BCUT2D eigenvalue weighted by Crippen LogP contribution is 2.16. The van der Waals surface area contributed by atoms with Gasteiger partial charge in [0.05, 0.1) is 4.90 Å². The van der Waals surface area contributed by atoms with Gasteiger partial charge in [-0.1, -0.05) is 32.0 Å². The van der Waals surface area contributed by atoms with Crippen LogP contribution in [0.3, 0.4) is 0 Å². The molecule has 0 aliphatic rings. The lowest BCUT2D eigenvalue weighted by Gasteiger charge is -2.16. The third-order valence-corrected chi connectivity index (χ3v) is 5.26. The van der Waals surface area contributed by atoms with Crippen LogP contribution < -0.4 is 10.0 Å². The molecule has 0 saturated heterocycles. The summed E-state index contributed by atoms with van der Waals surface area (Å²) in [7, 11) is -3.46. The van der Waals surface area contributed by atoms with Crippen molar-refractivity contribution in [1.29, 1.82) is 0 Å². The molecule has 0 spiro atoms. The molecular weight excluding hydrogens is 292 g/mol. The summed E-state index contributed by atoms with van der Waals surface area (Å²) in [5, 5.41) is 3.26. The molecule has 0 amide bonds. The molecule has 1 aromatic carbocycles. The largest absolute Gasteiger partial charge is 0.310 e. The molecule has 20 heavy (non-hydrogen) atoms. The Hall–Kier alpha value is -0.560. The van der Waals surface area contributed by atoms with Gasteiger partial charge in [0.1, 0.15) is 0 Å². The molecule has 0 fully saturated rings. The van der Waals surface area contributed by atoms with Crippen molar-refractivity contribution in [3.63, 3.8) is 0 Å². The highest BCUT2D eigenvalue weighted by molar-refractivity contribution is 7.98. The normalized spacial score (nSPS) is 13.7. The lowest BCUT2D eigenvalue weighted by molar-refractivity contribution is 0.561. The zero-order chi connectivity index (χ0) is 15.2. The van der Waals surface area contributed by atoms with Crippen LogP contribution in [-0.2, 0) is 16.6 Å². The number of rotatable bonds is 8. The maximum atomic E-state index is 12.4. The minimum absolute atomic E-state index is 0.0823. The van der Waals surface area contributed by atoms with Crippen molar-refractivity contribution in [2.24, 2.45) is 0 Å². The van der Waals surface area contributed by atoms with E-state index in [1.165, 1.54) is 0 Å². The van der Waals surface area contributed by atoms with Crippen LogP contribution in [-0.4, -0.2) is 32.5 Å². The van der Waals surface area contributed by atoms with E-state index in [9.17, 15) is 8.42 Å². The summed E-state index contributed by atoms with van der Waals surface area (Å²) in [6.45, 7) is 6.50. The van der Waals surface area contributed by atoms with Crippen LogP contribution in [0.4, 0.5) is 0 Å². The molecule has 0 heterocycles. The summed E-state index contributed by atoms with van der Waals surface area (Å²) in [6, 6.07) is 7.36. The van der Waals surface area contributed by atoms with Crippen LogP contribution in [0, 0.1) is 0 Å². The second kappa shape index (κ2) is 8.02. The highest BCUT2D eigenvalue weighted by atomic mass is 32.2. The van der Waals surface area contributed by atoms with Crippen molar-refractivity contribution in [2.45, 2.75) is 44.3 Å². The minimum atomic E-state index is -3.46. The Bertz CT molecular complexity index is 516. The van der Waals surface area contributed by atoms with E-state index in [2.05, 4.69) is 10.0 Å². The first-order valence-electron chi connectivity index (χ1n) is 6.69. The number of hydrogen-bond donors (Lipinski definition) is 2. The van der Waals surface area contributed by atoms with Gasteiger partial charge >= 0.3 is 0 Å². The molecule has 1 aromatic rings. The lowest BCUT2D eigenvalue weighted by Crippen LogP contribution is -2.35. The maximum Gasteiger partial charge on any atom is 0.241 e. The Morgan fingerprint density at radius 3 is 2.45 bits per heavy atom. The number of sulfonamides is 1. The SMILES string of the molecule is CSCC(C)NS(=O)(=O)c1ccccc1CNC(C)C. The second-order valence-corrected chi connectivity index (χ2v) is 7.71. The summed E-state index contributed by atoms with van der Waals surface area (Å²) in [4.78, 5) is 0.362. The molecule has 1 unspecified atom stereocenters. The van der Waals surface area contributed by atoms with Crippen molar-refractivity contribution in [3.05, 3.63) is 29.8 Å². The summed E-state index contributed by atoms with van der Waals surface area (Å²) in [6.07, 6.45) is 1.96. The number of benzene rings is 1. The lowest BCUT2D eigenvalue weighted by atomic mass is 10.2. The predicted molar refractivity (Wildman–Crippen MR) is 86.6 cm³/mol. The van der Waals surface area contributed by atoms with Gasteiger partial charge in [0.15, 0.2) is 0 Å². The van der Waals surface area contributed by atoms with E-state index in [1.807, 2.05) is 39.2 Å². The number of thioether (sulfide) groups is 1. The third kappa shape index (κ3) is 5.44. The third-order valence-electron chi connectivity index (χ3n) is 2.74. The average Bonchev–Trinajstić information content (AvgIpc) is 2.36. The van der Waals surface area contributed by atoms with Crippen LogP contribution >= 0.6 is 11.8 Å². The van der Waals surface area contributed by atoms with E-state index < -0.39 is 10.0 Å². The first-order valence-corrected chi connectivity index (χ1v) is 9.57. The summed E-state index contributed by atoms with van der Waals surface area (Å²) in [5.74, 6) is 0.756. The van der Waals surface area contributed by atoms with E-state index in [-0.39, 0.29) is 6.04 Å². The topological polar surface area (TPSA) is 58.2 Å². The molecule has 114 valence electrons. The smallest absolute Gasteiger partial charge is 0.241 e. The summed E-state index contributed by atoms with van der Waals surface area (Å²) in [5.41, 5.74) is 0.796. The molecule has 0 aromatic heterocycles. The van der Waals surface area contributed by atoms with E-state index in [1.54, 1.807) is 23.9 Å². The first kappa shape index (κ1) is 17.5. The van der Waals surface area contributed by atoms with Gasteiger partial charge in [-0.05, 0) is 24.8 Å². The maximum absolute atomic E-state index is 12.4. The van der Waals surface area contributed by atoms with Crippen LogP contribution in [0.2, 0.25) is 0 Å². The van der Waals surface area contributed by atoms with Crippen molar-refractivity contribution in [1.82, 2.24) is 10.0 Å². The summed E-state index contributed by atoms with van der Waals surface area (Å²) >= 11 is 1.62. The Morgan fingerprint density at radius 2 is 1.85 bits per heavy atom. The van der Waals surface area contributed by atoms with Gasteiger partial charge in [-0.3, -0.25) is 0 Å². The Kier molecular flexibility index (Phi) is 7.02. The highest BCUT2D eigenvalue weighted by Gasteiger charge is 2.20. The van der Waals surface area contributed by atoms with E-state index >= 15 is 0 Å². The van der Waals surface area contributed by atoms with Crippen molar-refractivity contribution < 1.29 is 8.42 Å². The standard InChI is InChI=1S/C14H24N2O2S2/c1-11(2)15-9-13-7-5-6-8-14(13)20(17,18)16-12(3)10-19-4/h5-8,11-12,15-16H,9-10H2,1-4H3. The van der Waals surface area contributed by atoms with Gasteiger partial charge in [0.2, 0.25) is 10.0 Å². The van der Waals surface area contributed by atoms with Gasteiger partial charge < -0.3 is 5.32 Å². The monoisotopic (exact) mass is 316 g/mol.